The molecule has 1 aliphatic heterocycles. The van der Waals surface area contributed by atoms with Gasteiger partial charge in [0.1, 0.15) is 0 Å². The summed E-state index contributed by atoms with van der Waals surface area (Å²) >= 11 is 0. The minimum Gasteiger partial charge on any atom is -0.310 e. The van der Waals surface area contributed by atoms with E-state index in [1.165, 1.54) is 106 Å². The van der Waals surface area contributed by atoms with Crippen molar-refractivity contribution < 1.29 is 0 Å². The summed E-state index contributed by atoms with van der Waals surface area (Å²) in [5.41, 5.74) is 28.4. The Labute approximate surface area is 443 Å². The Hall–Kier alpha value is -9.76. The maximum Gasteiger partial charge on any atom is 0.0755 e. The molecule has 1 heterocycles. The molecule has 0 unspecified atom stereocenters. The summed E-state index contributed by atoms with van der Waals surface area (Å²) in [6.45, 7) is 0. The Balaban J connectivity index is 0.991. The minimum absolute atomic E-state index is 0.510. The van der Waals surface area contributed by atoms with Crippen LogP contribution in [0.25, 0.3) is 55.6 Å². The second kappa shape index (κ2) is 16.4. The van der Waals surface area contributed by atoms with E-state index in [2.05, 4.69) is 301 Å². The lowest BCUT2D eigenvalue weighted by atomic mass is 9.64. The molecule has 3 aliphatic carbocycles. The van der Waals surface area contributed by atoms with E-state index >= 15 is 0 Å². The van der Waals surface area contributed by atoms with Crippen molar-refractivity contribution in [3.05, 3.63) is 336 Å². The van der Waals surface area contributed by atoms with Crippen LogP contribution in [0.5, 0.6) is 0 Å². The first-order chi connectivity index (χ1) is 37.7. The van der Waals surface area contributed by atoms with Gasteiger partial charge in [0.2, 0.25) is 0 Å². The lowest BCUT2D eigenvalue weighted by Crippen LogP contribution is -2.36. The molecule has 0 aromatic heterocycles. The van der Waals surface area contributed by atoms with Crippen LogP contribution in [0.15, 0.2) is 291 Å². The summed E-state index contributed by atoms with van der Waals surface area (Å²) < 4.78 is 0. The van der Waals surface area contributed by atoms with Gasteiger partial charge >= 0.3 is 0 Å². The van der Waals surface area contributed by atoms with Gasteiger partial charge < -0.3 is 9.80 Å². The fraction of sp³-hybridized carbons (Fsp3) is 0.0270. The van der Waals surface area contributed by atoms with Crippen LogP contribution in [0, 0.1) is 0 Å². The van der Waals surface area contributed by atoms with Crippen molar-refractivity contribution >= 4 is 34.1 Å². The summed E-state index contributed by atoms with van der Waals surface area (Å²) in [6.07, 6.45) is 0. The first kappa shape index (κ1) is 42.7. The molecule has 354 valence electrons. The van der Waals surface area contributed by atoms with Crippen molar-refractivity contribution in [2.24, 2.45) is 0 Å². The zero-order chi connectivity index (χ0) is 50.0. The van der Waals surface area contributed by atoms with Crippen LogP contribution in [0.1, 0.15) is 44.5 Å². The minimum atomic E-state index is -0.633. The van der Waals surface area contributed by atoms with Crippen molar-refractivity contribution in [2.75, 3.05) is 9.80 Å². The van der Waals surface area contributed by atoms with Crippen LogP contribution in [-0.4, -0.2) is 0 Å². The third-order valence-electron chi connectivity index (χ3n) is 17.1. The summed E-state index contributed by atoms with van der Waals surface area (Å²) in [5, 5.41) is 0. The Morgan fingerprint density at radius 2 is 0.579 bits per heavy atom. The number of hydrogen-bond donors (Lipinski definition) is 0. The van der Waals surface area contributed by atoms with Gasteiger partial charge in [0.15, 0.2) is 0 Å². The molecule has 0 saturated heterocycles. The molecule has 2 heteroatoms. The Morgan fingerprint density at radius 3 is 1.07 bits per heavy atom. The molecule has 0 fully saturated rings. The number of fused-ring (bicyclic) bond motifs is 19. The number of para-hydroxylation sites is 4. The zero-order valence-electron chi connectivity index (χ0n) is 41.6. The number of rotatable bonds is 6. The van der Waals surface area contributed by atoms with Crippen LogP contribution in [-0.2, 0) is 10.8 Å². The highest BCUT2D eigenvalue weighted by atomic mass is 15.2. The average Bonchev–Trinajstić information content (AvgIpc) is 4.29. The van der Waals surface area contributed by atoms with Crippen LogP contribution < -0.4 is 9.80 Å². The van der Waals surface area contributed by atoms with Crippen LogP contribution >= 0.6 is 0 Å². The van der Waals surface area contributed by atoms with E-state index in [0.29, 0.717) is 0 Å². The van der Waals surface area contributed by atoms with Crippen LogP contribution in [0.4, 0.5) is 34.1 Å². The van der Waals surface area contributed by atoms with Crippen molar-refractivity contribution in [1.82, 2.24) is 0 Å². The predicted molar refractivity (Wildman–Crippen MR) is 314 cm³/mol. The fourth-order valence-electron chi connectivity index (χ4n) is 14.2. The van der Waals surface area contributed by atoms with Gasteiger partial charge in [0.25, 0.3) is 0 Å². The van der Waals surface area contributed by atoms with E-state index in [9.17, 15) is 0 Å². The van der Waals surface area contributed by atoms with Gasteiger partial charge in [-0.25, -0.2) is 0 Å². The summed E-state index contributed by atoms with van der Waals surface area (Å²) in [7, 11) is 0. The molecule has 12 aromatic carbocycles. The second-order valence-corrected chi connectivity index (χ2v) is 20.6. The lowest BCUT2D eigenvalue weighted by Gasteiger charge is -2.45. The maximum atomic E-state index is 2.56. The average molecular weight is 965 g/mol. The predicted octanol–water partition coefficient (Wildman–Crippen LogP) is 19.0. The monoisotopic (exact) mass is 964 g/mol. The molecule has 2 nitrogen and oxygen atoms in total. The van der Waals surface area contributed by atoms with Crippen molar-refractivity contribution in [1.29, 1.82) is 0 Å². The molecule has 0 atom stereocenters. The van der Waals surface area contributed by atoms with Crippen molar-refractivity contribution in [3.8, 4) is 55.6 Å². The number of benzene rings is 12. The first-order valence-electron chi connectivity index (χ1n) is 26.5. The molecule has 4 aliphatic rings. The van der Waals surface area contributed by atoms with Gasteiger partial charge in [-0.3, -0.25) is 0 Å². The van der Waals surface area contributed by atoms with Crippen LogP contribution in [0.2, 0.25) is 0 Å². The van der Waals surface area contributed by atoms with E-state index in [4.69, 9.17) is 0 Å². The Kier molecular flexibility index (Phi) is 9.20. The summed E-state index contributed by atoms with van der Waals surface area (Å²) in [6, 6.07) is 109. The van der Waals surface area contributed by atoms with Gasteiger partial charge in [-0.2, -0.15) is 0 Å². The van der Waals surface area contributed by atoms with Gasteiger partial charge in [-0.15, -0.1) is 0 Å². The maximum absolute atomic E-state index is 2.56. The summed E-state index contributed by atoms with van der Waals surface area (Å²) in [5.74, 6) is 0. The molecule has 0 N–H and O–H groups in total. The second-order valence-electron chi connectivity index (χ2n) is 20.6. The summed E-state index contributed by atoms with van der Waals surface area (Å²) in [4.78, 5) is 5.03. The Bertz CT molecular complexity index is 4210. The highest BCUT2D eigenvalue weighted by molar-refractivity contribution is 6.01. The third-order valence-corrected chi connectivity index (χ3v) is 17.1. The molecular formula is C74H48N2. The largest absolute Gasteiger partial charge is 0.310 e. The molecule has 12 aromatic rings. The lowest BCUT2D eigenvalue weighted by molar-refractivity contribution is 0.752. The van der Waals surface area contributed by atoms with Crippen LogP contribution in [0.3, 0.4) is 0 Å². The zero-order valence-corrected chi connectivity index (χ0v) is 41.6. The number of hydrogen-bond acceptors (Lipinski definition) is 2. The van der Waals surface area contributed by atoms with Crippen molar-refractivity contribution in [3.63, 3.8) is 0 Å². The molecule has 16 rings (SSSR count). The molecule has 0 amide bonds. The van der Waals surface area contributed by atoms with Gasteiger partial charge in [-0.05, 0) is 149 Å². The standard InChI is InChI=1S/C74H48N2/c1-3-23-49(24-4-1)53-27-7-8-28-54(53)61-33-13-20-40-70(61)75(51-43-45-59-57-31-11-16-36-64(57)73(68(59)47-51)62-34-14-9-29-55(62)56-30-10-15-35-63(56)73)52-44-46-60-58-32-12-17-37-65(58)74(69(60)48-52)66-38-18-21-41-71(66)76(50-25-5-2-6-26-50)72-42-22-19-39-67(72)74/h1-48H. The van der Waals surface area contributed by atoms with Gasteiger partial charge in [0.05, 0.1) is 27.9 Å². The molecule has 0 bridgehead atoms. The molecule has 76 heavy (non-hydrogen) atoms. The third kappa shape index (κ3) is 5.70. The number of nitrogens with zero attached hydrogens (tertiary/aromatic N) is 2. The quantitative estimate of drug-likeness (QED) is 0.164. The number of anilines is 6. The van der Waals surface area contributed by atoms with E-state index in [-0.39, 0.29) is 0 Å². The highest BCUT2D eigenvalue weighted by Gasteiger charge is 2.53. The molecule has 0 saturated carbocycles. The topological polar surface area (TPSA) is 6.48 Å². The van der Waals surface area contributed by atoms with E-state index in [1.807, 2.05) is 0 Å². The SMILES string of the molecule is c1ccc(-c2ccccc2-c2ccccc2N(c2ccc3c(c2)C2(c4ccccc4-c4ccccc42)c2ccccc2-3)c2ccc3c(c2)C2(c4ccccc4-3)c3ccccc3N(c3ccccc3)c3ccccc32)cc1. The van der Waals surface area contributed by atoms with Crippen molar-refractivity contribution in [2.45, 2.75) is 10.8 Å². The van der Waals surface area contributed by atoms with Gasteiger partial charge in [-0.1, -0.05) is 237 Å². The highest BCUT2D eigenvalue weighted by Crippen LogP contribution is 2.66. The van der Waals surface area contributed by atoms with Gasteiger partial charge in [0, 0.05) is 22.6 Å². The molecule has 0 radical (unpaired) electrons. The smallest absolute Gasteiger partial charge is 0.0755 e. The van der Waals surface area contributed by atoms with E-state index < -0.39 is 10.8 Å². The van der Waals surface area contributed by atoms with E-state index in [1.54, 1.807) is 0 Å². The molecular weight excluding hydrogens is 917 g/mol. The van der Waals surface area contributed by atoms with E-state index in [0.717, 1.165) is 28.3 Å². The first-order valence-corrected chi connectivity index (χ1v) is 26.5. The Morgan fingerprint density at radius 1 is 0.237 bits per heavy atom. The normalized spacial score (nSPS) is 14.0. The fourth-order valence-corrected chi connectivity index (χ4v) is 14.2. The molecule has 2 spiro atoms.